The second-order valence-corrected chi connectivity index (χ2v) is 9.46. The zero-order valence-electron chi connectivity index (χ0n) is 16.7. The van der Waals surface area contributed by atoms with Crippen molar-refractivity contribution in [1.29, 1.82) is 0 Å². The average Bonchev–Trinajstić information content (AvgIpc) is 3.04. The second-order valence-electron chi connectivity index (χ2n) is 6.93. The molecule has 0 saturated heterocycles. The molecule has 4 aromatic rings. The maximum atomic E-state index is 12.7. The number of aromatic nitrogens is 2. The van der Waals surface area contributed by atoms with Gasteiger partial charge in [-0.2, -0.15) is 0 Å². The molecule has 0 atom stereocenters. The van der Waals surface area contributed by atoms with Gasteiger partial charge in [-0.25, -0.2) is 18.1 Å². The van der Waals surface area contributed by atoms with Crippen molar-refractivity contribution in [3.05, 3.63) is 93.7 Å². The van der Waals surface area contributed by atoms with Crippen LogP contribution >= 0.6 is 35.6 Å². The van der Waals surface area contributed by atoms with Crippen molar-refractivity contribution < 1.29 is 13.2 Å². The molecule has 1 amide bonds. The number of benzene rings is 3. The molecule has 0 aliphatic heterocycles. The van der Waals surface area contributed by atoms with Crippen molar-refractivity contribution in [1.82, 2.24) is 14.3 Å². The van der Waals surface area contributed by atoms with Gasteiger partial charge in [0, 0.05) is 15.6 Å². The summed E-state index contributed by atoms with van der Waals surface area (Å²) in [5.41, 5.74) is 2.42. The second kappa shape index (κ2) is 9.50. The summed E-state index contributed by atoms with van der Waals surface area (Å²) >= 11 is 12.3. The van der Waals surface area contributed by atoms with Gasteiger partial charge in [0.25, 0.3) is 15.9 Å². The summed E-state index contributed by atoms with van der Waals surface area (Å²) in [4.78, 5) is 17.2. The van der Waals surface area contributed by atoms with Crippen LogP contribution in [0.2, 0.25) is 10.0 Å². The fourth-order valence-corrected chi connectivity index (χ4v) is 4.71. The minimum atomic E-state index is -3.98. The van der Waals surface area contributed by atoms with Crippen molar-refractivity contribution in [3.63, 3.8) is 0 Å². The van der Waals surface area contributed by atoms with Crippen LogP contribution in [0.3, 0.4) is 0 Å². The molecule has 0 aliphatic carbocycles. The summed E-state index contributed by atoms with van der Waals surface area (Å²) < 4.78 is 29.0. The first-order valence-electron chi connectivity index (χ1n) is 9.27. The van der Waals surface area contributed by atoms with Crippen molar-refractivity contribution in [2.45, 2.75) is 18.4 Å². The molecule has 0 spiro atoms. The van der Waals surface area contributed by atoms with E-state index in [0.717, 1.165) is 11.4 Å². The third-order valence-electron chi connectivity index (χ3n) is 4.83. The Labute approximate surface area is 201 Å². The van der Waals surface area contributed by atoms with Gasteiger partial charge in [0.2, 0.25) is 0 Å². The lowest BCUT2D eigenvalue weighted by atomic mass is 10.2. The molecule has 10 heteroatoms. The first-order valence-corrected chi connectivity index (χ1v) is 11.5. The quantitative estimate of drug-likeness (QED) is 0.398. The number of aryl methyl sites for hydroxylation is 1. The molecule has 0 radical (unpaired) electrons. The number of imidazole rings is 1. The van der Waals surface area contributed by atoms with Crippen LogP contribution in [0.15, 0.2) is 71.6 Å². The van der Waals surface area contributed by atoms with Crippen LogP contribution in [0, 0.1) is 6.92 Å². The monoisotopic (exact) mass is 509 g/mol. The topological polar surface area (TPSA) is 81.1 Å². The number of fused-ring (bicyclic) bond motifs is 1. The molecule has 6 nitrogen and oxygen atoms in total. The number of sulfonamides is 1. The predicted octanol–water partition coefficient (Wildman–Crippen LogP) is 5.24. The molecular weight excluding hydrogens is 493 g/mol. The van der Waals surface area contributed by atoms with E-state index in [4.69, 9.17) is 23.2 Å². The molecule has 166 valence electrons. The highest BCUT2D eigenvalue weighted by atomic mass is 35.5. The fourth-order valence-electron chi connectivity index (χ4n) is 3.24. The molecule has 1 aromatic heterocycles. The molecule has 3 aromatic carbocycles. The Morgan fingerprint density at radius 2 is 1.75 bits per heavy atom. The maximum Gasteiger partial charge on any atom is 0.265 e. The summed E-state index contributed by atoms with van der Waals surface area (Å²) in [5.74, 6) is 0.0103. The van der Waals surface area contributed by atoms with Gasteiger partial charge in [-0.3, -0.25) is 4.79 Å². The Morgan fingerprint density at radius 3 is 2.44 bits per heavy atom. The first kappa shape index (κ1) is 24.1. The minimum Gasteiger partial charge on any atom is -0.324 e. The minimum absolute atomic E-state index is 0. The zero-order chi connectivity index (χ0) is 22.2. The number of halogens is 3. The van der Waals surface area contributed by atoms with Crippen molar-refractivity contribution in [2.75, 3.05) is 0 Å². The molecule has 4 rings (SSSR count). The van der Waals surface area contributed by atoms with E-state index in [1.807, 2.05) is 17.6 Å². The SMILES string of the molecule is Cc1nc2ccc(C(=O)NS(=O)(=O)c3ccccc3)cc2n1Cc1ccc(Cl)cc1Cl.Cl. The number of amides is 1. The fraction of sp³-hybridized carbons (Fsp3) is 0.0909. The van der Waals surface area contributed by atoms with E-state index in [2.05, 4.69) is 9.71 Å². The van der Waals surface area contributed by atoms with Crippen LogP contribution in [0.25, 0.3) is 11.0 Å². The molecule has 1 N–H and O–H groups in total. The lowest BCUT2D eigenvalue weighted by molar-refractivity contribution is 0.0981. The number of carbonyl (C=O) groups is 1. The first-order chi connectivity index (χ1) is 14.7. The van der Waals surface area contributed by atoms with Crippen LogP contribution in [0.4, 0.5) is 0 Å². The summed E-state index contributed by atoms with van der Waals surface area (Å²) in [6.45, 7) is 2.27. The van der Waals surface area contributed by atoms with Crippen LogP contribution in [-0.2, 0) is 16.6 Å². The molecular formula is C22H18Cl3N3O3S. The lowest BCUT2D eigenvalue weighted by Gasteiger charge is -2.10. The van der Waals surface area contributed by atoms with E-state index in [1.54, 1.807) is 48.5 Å². The van der Waals surface area contributed by atoms with Crippen LogP contribution in [-0.4, -0.2) is 23.9 Å². The summed E-state index contributed by atoms with van der Waals surface area (Å²) in [5, 5.41) is 1.07. The number of nitrogens with zero attached hydrogens (tertiary/aromatic N) is 2. The van der Waals surface area contributed by atoms with Crippen molar-refractivity contribution in [3.8, 4) is 0 Å². The molecule has 0 fully saturated rings. The third kappa shape index (κ3) is 4.91. The predicted molar refractivity (Wildman–Crippen MR) is 128 cm³/mol. The number of hydrogen-bond acceptors (Lipinski definition) is 4. The highest BCUT2D eigenvalue weighted by Crippen LogP contribution is 2.25. The smallest absolute Gasteiger partial charge is 0.265 e. The molecule has 0 bridgehead atoms. The largest absolute Gasteiger partial charge is 0.324 e. The molecule has 0 aliphatic rings. The molecule has 32 heavy (non-hydrogen) atoms. The van der Waals surface area contributed by atoms with Crippen molar-refractivity contribution >= 4 is 62.6 Å². The van der Waals surface area contributed by atoms with E-state index < -0.39 is 15.9 Å². The number of carbonyl (C=O) groups excluding carboxylic acids is 1. The average molecular weight is 511 g/mol. The Hall–Kier alpha value is -2.58. The lowest BCUT2D eigenvalue weighted by Crippen LogP contribution is -2.30. The Kier molecular flexibility index (Phi) is 7.15. The molecule has 1 heterocycles. The molecule has 0 saturated carbocycles. The number of hydrogen-bond donors (Lipinski definition) is 1. The van der Waals surface area contributed by atoms with Crippen LogP contribution < -0.4 is 4.72 Å². The van der Waals surface area contributed by atoms with E-state index in [1.165, 1.54) is 12.1 Å². The van der Waals surface area contributed by atoms with E-state index in [-0.39, 0.29) is 22.9 Å². The van der Waals surface area contributed by atoms with Gasteiger partial charge >= 0.3 is 0 Å². The number of nitrogens with one attached hydrogen (secondary N) is 1. The van der Waals surface area contributed by atoms with Gasteiger partial charge in [0.1, 0.15) is 5.82 Å². The highest BCUT2D eigenvalue weighted by Gasteiger charge is 2.19. The van der Waals surface area contributed by atoms with E-state index >= 15 is 0 Å². The van der Waals surface area contributed by atoms with Crippen LogP contribution in [0.5, 0.6) is 0 Å². The maximum absolute atomic E-state index is 12.7. The van der Waals surface area contributed by atoms with E-state index in [0.29, 0.717) is 27.6 Å². The summed E-state index contributed by atoms with van der Waals surface area (Å²) in [6, 6.07) is 17.8. The van der Waals surface area contributed by atoms with E-state index in [9.17, 15) is 13.2 Å². The zero-order valence-corrected chi connectivity index (χ0v) is 19.9. The number of rotatable bonds is 5. The Balaban J connectivity index is 0.00000289. The van der Waals surface area contributed by atoms with Gasteiger partial charge in [0.05, 0.1) is 22.5 Å². The van der Waals surface area contributed by atoms with Gasteiger partial charge in [-0.15, -0.1) is 12.4 Å². The van der Waals surface area contributed by atoms with Crippen LogP contribution in [0.1, 0.15) is 21.7 Å². The van der Waals surface area contributed by atoms with Gasteiger partial charge in [0.15, 0.2) is 0 Å². The van der Waals surface area contributed by atoms with Gasteiger partial charge in [-0.1, -0.05) is 47.5 Å². The van der Waals surface area contributed by atoms with Crippen molar-refractivity contribution in [2.24, 2.45) is 0 Å². The summed E-state index contributed by atoms with van der Waals surface area (Å²) in [7, 11) is -3.98. The third-order valence-corrected chi connectivity index (χ3v) is 6.76. The standard InChI is InChI=1S/C22H17Cl2N3O3S.ClH/c1-14-25-20-10-8-15(22(28)26-31(29,30)18-5-3-2-4-6-18)11-21(20)27(14)13-16-7-9-17(23)12-19(16)24;/h2-12H,13H2,1H3,(H,26,28);1H. The normalized spacial score (nSPS) is 11.2. The highest BCUT2D eigenvalue weighted by molar-refractivity contribution is 7.90. The summed E-state index contributed by atoms with van der Waals surface area (Å²) in [6.07, 6.45) is 0. The van der Waals surface area contributed by atoms with Gasteiger partial charge < -0.3 is 4.57 Å². The Bertz CT molecular complexity index is 1400. The Morgan fingerprint density at radius 1 is 1.03 bits per heavy atom. The molecule has 0 unspecified atom stereocenters. The van der Waals surface area contributed by atoms with Gasteiger partial charge in [-0.05, 0) is 55.0 Å².